The van der Waals surface area contributed by atoms with Gasteiger partial charge in [-0.05, 0) is 30.0 Å². The van der Waals surface area contributed by atoms with Crippen LogP contribution in [0, 0.1) is 0 Å². The molecule has 0 spiro atoms. The van der Waals surface area contributed by atoms with E-state index in [1.54, 1.807) is 6.07 Å². The van der Waals surface area contributed by atoms with Crippen LogP contribution in [-0.2, 0) is 13.0 Å². The fraction of sp³-hybridized carbons (Fsp3) is 0.381. The fourth-order valence-electron chi connectivity index (χ4n) is 2.81. The number of rotatable bonds is 10. The Bertz CT molecular complexity index is 680. The second kappa shape index (κ2) is 9.72. The molecular formula is C21H26O4. The van der Waals surface area contributed by atoms with Gasteiger partial charge in [0.2, 0.25) is 0 Å². The Hall–Kier alpha value is -2.49. The van der Waals surface area contributed by atoms with Gasteiger partial charge in [-0.1, -0.05) is 56.5 Å². The van der Waals surface area contributed by atoms with Crippen molar-refractivity contribution in [2.75, 3.05) is 7.11 Å². The largest absolute Gasteiger partial charge is 0.496 e. The highest BCUT2D eigenvalue weighted by Gasteiger charge is 2.18. The molecule has 2 rings (SSSR count). The highest BCUT2D eigenvalue weighted by molar-refractivity contribution is 5.93. The summed E-state index contributed by atoms with van der Waals surface area (Å²) in [5.74, 6) is 0.0247. The molecule has 0 bridgehead atoms. The first-order valence-electron chi connectivity index (χ1n) is 8.76. The van der Waals surface area contributed by atoms with Gasteiger partial charge in [0.25, 0.3) is 0 Å². The lowest BCUT2D eigenvalue weighted by molar-refractivity contribution is 0.0692. The van der Waals surface area contributed by atoms with Crippen LogP contribution in [0.15, 0.2) is 42.5 Å². The van der Waals surface area contributed by atoms with Gasteiger partial charge in [-0.25, -0.2) is 4.79 Å². The topological polar surface area (TPSA) is 55.8 Å². The predicted octanol–water partition coefficient (Wildman–Crippen LogP) is 5.10. The predicted molar refractivity (Wildman–Crippen MR) is 98.6 cm³/mol. The summed E-state index contributed by atoms with van der Waals surface area (Å²) in [6, 6.07) is 13.4. The average molecular weight is 342 g/mol. The van der Waals surface area contributed by atoms with E-state index >= 15 is 0 Å². The van der Waals surface area contributed by atoms with Gasteiger partial charge in [-0.2, -0.15) is 0 Å². The summed E-state index contributed by atoms with van der Waals surface area (Å²) in [6.07, 6.45) is 5.06. The molecule has 0 amide bonds. The van der Waals surface area contributed by atoms with Crippen molar-refractivity contribution in [1.29, 1.82) is 0 Å². The Morgan fingerprint density at radius 3 is 2.48 bits per heavy atom. The Balaban J connectivity index is 2.20. The number of methoxy groups -OCH3 is 1. The highest BCUT2D eigenvalue weighted by Crippen LogP contribution is 2.30. The van der Waals surface area contributed by atoms with Gasteiger partial charge in [0.15, 0.2) is 0 Å². The number of hydrogen-bond donors (Lipinski definition) is 1. The second-order valence-corrected chi connectivity index (χ2v) is 6.05. The average Bonchev–Trinajstić information content (AvgIpc) is 2.63. The molecule has 0 saturated heterocycles. The van der Waals surface area contributed by atoms with Crippen molar-refractivity contribution in [2.45, 2.75) is 45.6 Å². The summed E-state index contributed by atoms with van der Waals surface area (Å²) in [6.45, 7) is 2.59. The highest BCUT2D eigenvalue weighted by atomic mass is 16.5. The number of benzene rings is 2. The van der Waals surface area contributed by atoms with Crippen molar-refractivity contribution < 1.29 is 19.4 Å². The van der Waals surface area contributed by atoms with E-state index in [0.717, 1.165) is 36.8 Å². The number of carboxylic acids is 1. The van der Waals surface area contributed by atoms with Crippen LogP contribution in [0.25, 0.3) is 0 Å². The zero-order valence-corrected chi connectivity index (χ0v) is 15.0. The van der Waals surface area contributed by atoms with Crippen LogP contribution in [0.1, 0.15) is 54.1 Å². The van der Waals surface area contributed by atoms with Crippen LogP contribution < -0.4 is 9.47 Å². The van der Waals surface area contributed by atoms with E-state index in [4.69, 9.17) is 9.47 Å². The van der Waals surface area contributed by atoms with E-state index in [2.05, 4.69) is 6.92 Å². The monoisotopic (exact) mass is 342 g/mol. The van der Waals surface area contributed by atoms with E-state index in [-0.39, 0.29) is 5.56 Å². The maximum Gasteiger partial charge on any atom is 0.339 e. The van der Waals surface area contributed by atoms with Gasteiger partial charge >= 0.3 is 5.97 Å². The molecule has 134 valence electrons. The maximum atomic E-state index is 11.7. The summed E-state index contributed by atoms with van der Waals surface area (Å²) in [7, 11) is 1.49. The molecule has 0 aliphatic carbocycles. The number of aryl methyl sites for hydroxylation is 1. The van der Waals surface area contributed by atoms with Gasteiger partial charge in [-0.15, -0.1) is 0 Å². The van der Waals surface area contributed by atoms with Gasteiger partial charge < -0.3 is 14.6 Å². The van der Waals surface area contributed by atoms with Gasteiger partial charge in [0.05, 0.1) is 7.11 Å². The van der Waals surface area contributed by atoms with Crippen molar-refractivity contribution in [2.24, 2.45) is 0 Å². The summed E-state index contributed by atoms with van der Waals surface area (Å²) in [5, 5.41) is 9.56. The molecule has 0 atom stereocenters. The molecule has 0 heterocycles. The Morgan fingerprint density at radius 2 is 1.84 bits per heavy atom. The minimum Gasteiger partial charge on any atom is -0.496 e. The lowest BCUT2D eigenvalue weighted by Gasteiger charge is -2.14. The van der Waals surface area contributed by atoms with Crippen LogP contribution in [-0.4, -0.2) is 18.2 Å². The first-order valence-corrected chi connectivity index (χ1v) is 8.76. The number of ether oxygens (including phenoxy) is 2. The number of carboxylic acid groups (broad SMARTS) is 1. The Morgan fingerprint density at radius 1 is 1.08 bits per heavy atom. The standard InChI is InChI=1S/C21H26O4/c1-3-4-5-9-12-17-13-18(14-19(24-2)20(17)21(22)23)25-15-16-10-7-6-8-11-16/h6-8,10-11,13-14H,3-5,9,12,15H2,1-2H3,(H,22,23). The van der Waals surface area contributed by atoms with Crippen LogP contribution in [0.4, 0.5) is 0 Å². The smallest absolute Gasteiger partial charge is 0.339 e. The van der Waals surface area contributed by atoms with E-state index in [1.165, 1.54) is 7.11 Å². The molecule has 0 aliphatic rings. The molecule has 4 nitrogen and oxygen atoms in total. The van der Waals surface area contributed by atoms with Crippen molar-refractivity contribution in [3.8, 4) is 11.5 Å². The van der Waals surface area contributed by atoms with Crippen molar-refractivity contribution >= 4 is 5.97 Å². The zero-order valence-electron chi connectivity index (χ0n) is 15.0. The normalized spacial score (nSPS) is 10.5. The third-order valence-corrected chi connectivity index (χ3v) is 4.14. The fourth-order valence-corrected chi connectivity index (χ4v) is 2.81. The summed E-state index contributed by atoms with van der Waals surface area (Å²) in [4.78, 5) is 11.7. The molecule has 25 heavy (non-hydrogen) atoms. The molecule has 0 unspecified atom stereocenters. The van der Waals surface area contributed by atoms with Crippen LogP contribution in [0.2, 0.25) is 0 Å². The number of aromatic carboxylic acids is 1. The van der Waals surface area contributed by atoms with Gasteiger partial charge in [-0.3, -0.25) is 0 Å². The lowest BCUT2D eigenvalue weighted by Crippen LogP contribution is -2.07. The molecule has 2 aromatic carbocycles. The lowest BCUT2D eigenvalue weighted by atomic mass is 9.99. The van der Waals surface area contributed by atoms with E-state index in [0.29, 0.717) is 24.5 Å². The van der Waals surface area contributed by atoms with Gasteiger partial charge in [0.1, 0.15) is 23.7 Å². The van der Waals surface area contributed by atoms with E-state index < -0.39 is 5.97 Å². The number of carbonyl (C=O) groups is 1. The summed E-state index contributed by atoms with van der Waals surface area (Å²) < 4.78 is 11.2. The summed E-state index contributed by atoms with van der Waals surface area (Å²) in [5.41, 5.74) is 2.07. The van der Waals surface area contributed by atoms with Gasteiger partial charge in [0, 0.05) is 6.07 Å². The summed E-state index contributed by atoms with van der Waals surface area (Å²) >= 11 is 0. The zero-order chi connectivity index (χ0) is 18.1. The molecule has 0 aromatic heterocycles. The molecule has 0 saturated carbocycles. The first-order chi connectivity index (χ1) is 12.2. The number of hydrogen-bond acceptors (Lipinski definition) is 3. The molecule has 2 aromatic rings. The van der Waals surface area contributed by atoms with Crippen molar-refractivity contribution in [3.63, 3.8) is 0 Å². The SMILES string of the molecule is CCCCCCc1cc(OCc2ccccc2)cc(OC)c1C(=O)O. The molecule has 0 fully saturated rings. The molecule has 1 N–H and O–H groups in total. The first kappa shape index (κ1) is 18.8. The third-order valence-electron chi connectivity index (χ3n) is 4.14. The molecular weight excluding hydrogens is 316 g/mol. The van der Waals surface area contributed by atoms with Crippen molar-refractivity contribution in [3.05, 3.63) is 59.2 Å². The quantitative estimate of drug-likeness (QED) is 0.611. The van der Waals surface area contributed by atoms with E-state index in [1.807, 2.05) is 36.4 Å². The van der Waals surface area contributed by atoms with Crippen LogP contribution in [0.3, 0.4) is 0 Å². The maximum absolute atomic E-state index is 11.7. The van der Waals surface area contributed by atoms with Crippen LogP contribution >= 0.6 is 0 Å². The molecule has 0 radical (unpaired) electrons. The number of unbranched alkanes of at least 4 members (excludes halogenated alkanes) is 3. The second-order valence-electron chi connectivity index (χ2n) is 6.05. The van der Waals surface area contributed by atoms with E-state index in [9.17, 15) is 9.90 Å². The molecule has 4 heteroatoms. The van der Waals surface area contributed by atoms with Crippen LogP contribution in [0.5, 0.6) is 11.5 Å². The molecule has 0 aliphatic heterocycles. The third kappa shape index (κ3) is 5.52. The van der Waals surface area contributed by atoms with Crippen molar-refractivity contribution in [1.82, 2.24) is 0 Å². The Labute approximate surface area is 149 Å². The Kier molecular flexibility index (Phi) is 7.33. The minimum atomic E-state index is -0.961. The minimum absolute atomic E-state index is 0.242.